The van der Waals surface area contributed by atoms with Gasteiger partial charge in [-0.15, -0.1) is 0 Å². The molecule has 1 aromatic rings. The van der Waals surface area contributed by atoms with Gasteiger partial charge in [0.2, 0.25) is 0 Å². The van der Waals surface area contributed by atoms with E-state index in [-0.39, 0.29) is 17.6 Å². The maximum Gasteiger partial charge on any atom is 0.118 e. The molecule has 5 nitrogen and oxygen atoms in total. The van der Waals surface area contributed by atoms with Crippen molar-refractivity contribution in [3.05, 3.63) is 29.8 Å². The summed E-state index contributed by atoms with van der Waals surface area (Å²) in [5.74, 6) is 1.10. The molecule has 0 aliphatic carbocycles. The molecule has 122 valence electrons. The predicted octanol–water partition coefficient (Wildman–Crippen LogP) is 3.14. The van der Waals surface area contributed by atoms with Gasteiger partial charge in [-0.25, -0.2) is 0 Å². The third-order valence-corrected chi connectivity index (χ3v) is 4.56. The van der Waals surface area contributed by atoms with Crippen LogP contribution in [0, 0.1) is 17.2 Å². The van der Waals surface area contributed by atoms with Crippen molar-refractivity contribution in [1.82, 2.24) is 5.01 Å². The average molecular weight is 313 g/mol. The number of hydrazone groups is 1. The minimum atomic E-state index is -0.162. The van der Waals surface area contributed by atoms with Crippen molar-refractivity contribution in [2.75, 3.05) is 20.3 Å². The summed E-state index contributed by atoms with van der Waals surface area (Å²) >= 11 is 0. The van der Waals surface area contributed by atoms with E-state index in [4.69, 9.17) is 19.8 Å². The minimum Gasteiger partial charge on any atom is -0.497 e. The molecule has 0 bridgehead atoms. The van der Waals surface area contributed by atoms with Gasteiger partial charge in [0.15, 0.2) is 0 Å². The van der Waals surface area contributed by atoms with Crippen molar-refractivity contribution in [3.63, 3.8) is 0 Å². The van der Waals surface area contributed by atoms with E-state index in [1.165, 1.54) is 11.3 Å². The largest absolute Gasteiger partial charge is 0.497 e. The van der Waals surface area contributed by atoms with Gasteiger partial charge in [0.1, 0.15) is 5.75 Å². The molecule has 1 saturated heterocycles. The lowest BCUT2D eigenvalue weighted by molar-refractivity contribution is -0.0434. The molecule has 2 heterocycles. The van der Waals surface area contributed by atoms with Crippen molar-refractivity contribution in [2.45, 2.75) is 38.3 Å². The van der Waals surface area contributed by atoms with Crippen LogP contribution in [-0.2, 0) is 4.74 Å². The summed E-state index contributed by atoms with van der Waals surface area (Å²) in [6, 6.07) is 10.5. The molecule has 0 radical (unpaired) electrons. The van der Waals surface area contributed by atoms with E-state index in [9.17, 15) is 0 Å². The first-order valence-electron chi connectivity index (χ1n) is 8.03. The van der Waals surface area contributed by atoms with E-state index >= 15 is 0 Å². The van der Waals surface area contributed by atoms with Crippen molar-refractivity contribution < 1.29 is 9.47 Å². The fourth-order valence-corrected chi connectivity index (χ4v) is 3.41. The lowest BCUT2D eigenvalue weighted by atomic mass is 9.83. The van der Waals surface area contributed by atoms with E-state index in [1.807, 2.05) is 12.1 Å². The Morgan fingerprint density at radius 1 is 1.39 bits per heavy atom. The van der Waals surface area contributed by atoms with Gasteiger partial charge in [-0.3, -0.25) is 5.01 Å². The van der Waals surface area contributed by atoms with Crippen molar-refractivity contribution >= 4 is 5.71 Å². The number of nitriles is 1. The fraction of sp³-hybridized carbons (Fsp3) is 0.556. The van der Waals surface area contributed by atoms with Crippen LogP contribution in [0.2, 0.25) is 0 Å². The van der Waals surface area contributed by atoms with Crippen molar-refractivity contribution in [2.24, 2.45) is 11.0 Å². The standard InChI is InChI=1S/C18H23N3O2/c1-18(2)11-16-15(12-23-18)17(21(20-16)10-4-9-19)13-5-7-14(22-3)8-6-13/h5-8,15,17H,4,10-12H2,1-3H3. The van der Waals surface area contributed by atoms with E-state index in [0.29, 0.717) is 19.6 Å². The molecule has 2 aliphatic heterocycles. The van der Waals surface area contributed by atoms with Gasteiger partial charge >= 0.3 is 0 Å². The van der Waals surface area contributed by atoms with E-state index in [1.54, 1.807) is 7.11 Å². The van der Waals surface area contributed by atoms with Crippen molar-refractivity contribution in [1.29, 1.82) is 5.26 Å². The van der Waals surface area contributed by atoms with Gasteiger partial charge in [0.25, 0.3) is 0 Å². The van der Waals surface area contributed by atoms with Crippen LogP contribution in [0.4, 0.5) is 0 Å². The van der Waals surface area contributed by atoms with E-state index in [0.717, 1.165) is 12.2 Å². The van der Waals surface area contributed by atoms with Crippen LogP contribution in [0.5, 0.6) is 5.75 Å². The topological polar surface area (TPSA) is 57.9 Å². The molecule has 2 aliphatic rings. The Kier molecular flexibility index (Phi) is 4.27. The molecule has 2 atom stereocenters. The number of hydrogen-bond donors (Lipinski definition) is 0. The summed E-state index contributed by atoms with van der Waals surface area (Å²) in [5.41, 5.74) is 2.22. The van der Waals surface area contributed by atoms with Gasteiger partial charge in [-0.1, -0.05) is 12.1 Å². The predicted molar refractivity (Wildman–Crippen MR) is 88.2 cm³/mol. The third kappa shape index (κ3) is 3.18. The molecule has 5 heteroatoms. The highest BCUT2D eigenvalue weighted by atomic mass is 16.5. The van der Waals surface area contributed by atoms with E-state index in [2.05, 4.69) is 37.1 Å². The highest BCUT2D eigenvalue weighted by Gasteiger charge is 2.44. The summed E-state index contributed by atoms with van der Waals surface area (Å²) < 4.78 is 11.3. The highest BCUT2D eigenvalue weighted by molar-refractivity contribution is 5.90. The maximum absolute atomic E-state index is 8.93. The molecule has 0 spiro atoms. The van der Waals surface area contributed by atoms with Crippen LogP contribution in [0.3, 0.4) is 0 Å². The van der Waals surface area contributed by atoms with Gasteiger partial charge in [-0.05, 0) is 31.5 Å². The van der Waals surface area contributed by atoms with Crippen LogP contribution in [-0.4, -0.2) is 36.6 Å². The SMILES string of the molecule is COc1ccc(C2C3COC(C)(C)CC3=NN2CCC#N)cc1. The van der Waals surface area contributed by atoms with Crippen molar-refractivity contribution in [3.8, 4) is 11.8 Å². The Labute approximate surface area is 137 Å². The number of nitrogens with zero attached hydrogens (tertiary/aromatic N) is 3. The third-order valence-electron chi connectivity index (χ3n) is 4.56. The molecule has 23 heavy (non-hydrogen) atoms. The molecular weight excluding hydrogens is 290 g/mol. The lowest BCUT2D eigenvalue weighted by Gasteiger charge is -2.36. The number of ether oxygens (including phenoxy) is 2. The molecule has 0 saturated carbocycles. The van der Waals surface area contributed by atoms with Gasteiger partial charge < -0.3 is 9.47 Å². The molecule has 1 aromatic carbocycles. The van der Waals surface area contributed by atoms with Crippen LogP contribution in [0.1, 0.15) is 38.3 Å². The van der Waals surface area contributed by atoms with Gasteiger partial charge in [0, 0.05) is 24.6 Å². The Hall–Kier alpha value is -2.06. The summed E-state index contributed by atoms with van der Waals surface area (Å²) in [5, 5.41) is 15.8. The van der Waals surface area contributed by atoms with Gasteiger partial charge in [-0.2, -0.15) is 10.4 Å². The minimum absolute atomic E-state index is 0.139. The molecule has 3 rings (SSSR count). The second-order valence-electron chi connectivity index (χ2n) is 6.73. The van der Waals surface area contributed by atoms with Crippen LogP contribution < -0.4 is 4.74 Å². The molecule has 0 aromatic heterocycles. The summed E-state index contributed by atoms with van der Waals surface area (Å²) in [4.78, 5) is 0. The fourth-order valence-electron chi connectivity index (χ4n) is 3.41. The lowest BCUT2D eigenvalue weighted by Crippen LogP contribution is -2.41. The molecule has 1 fully saturated rings. The Morgan fingerprint density at radius 2 is 2.13 bits per heavy atom. The molecule has 0 amide bonds. The number of benzene rings is 1. The number of hydrogen-bond acceptors (Lipinski definition) is 5. The van der Waals surface area contributed by atoms with Gasteiger partial charge in [0.05, 0.1) is 37.8 Å². The summed E-state index contributed by atoms with van der Waals surface area (Å²) in [7, 11) is 1.67. The zero-order valence-electron chi connectivity index (χ0n) is 14.0. The first-order chi connectivity index (χ1) is 11.0. The Balaban J connectivity index is 1.88. The monoisotopic (exact) mass is 313 g/mol. The van der Waals surface area contributed by atoms with Crippen LogP contribution in [0.15, 0.2) is 29.4 Å². The zero-order chi connectivity index (χ0) is 16.4. The Morgan fingerprint density at radius 3 is 2.78 bits per heavy atom. The second-order valence-corrected chi connectivity index (χ2v) is 6.73. The van der Waals surface area contributed by atoms with E-state index < -0.39 is 0 Å². The average Bonchev–Trinajstić information content (AvgIpc) is 2.89. The molecular formula is C18H23N3O2. The zero-order valence-corrected chi connectivity index (χ0v) is 14.0. The molecule has 2 unspecified atom stereocenters. The first kappa shape index (κ1) is 15.8. The number of methoxy groups -OCH3 is 1. The van der Waals surface area contributed by atoms with Crippen LogP contribution >= 0.6 is 0 Å². The highest BCUT2D eigenvalue weighted by Crippen LogP contribution is 2.42. The quantitative estimate of drug-likeness (QED) is 0.857. The maximum atomic E-state index is 8.93. The number of rotatable bonds is 4. The smallest absolute Gasteiger partial charge is 0.118 e. The summed E-state index contributed by atoms with van der Waals surface area (Å²) in [6.45, 7) is 5.53. The second kappa shape index (κ2) is 6.21. The first-order valence-corrected chi connectivity index (χ1v) is 8.03. The summed E-state index contributed by atoms with van der Waals surface area (Å²) in [6.07, 6.45) is 1.31. The molecule has 0 N–H and O–H groups in total. The Bertz CT molecular complexity index is 631. The normalized spacial score (nSPS) is 25.5. The number of fused-ring (bicyclic) bond motifs is 1. The van der Waals surface area contributed by atoms with Crippen LogP contribution in [0.25, 0.3) is 0 Å².